The van der Waals surface area contributed by atoms with Crippen LogP contribution >= 0.6 is 27.7 Å². The predicted octanol–water partition coefficient (Wildman–Crippen LogP) is 4.67. The van der Waals surface area contributed by atoms with Gasteiger partial charge in [0.05, 0.1) is 10.6 Å². The second kappa shape index (κ2) is 9.13. The molecule has 1 fully saturated rings. The van der Waals surface area contributed by atoms with Gasteiger partial charge in [-0.15, -0.1) is 0 Å². The van der Waals surface area contributed by atoms with E-state index in [0.717, 1.165) is 45.5 Å². The molecule has 1 saturated heterocycles. The molecule has 0 aliphatic carbocycles. The van der Waals surface area contributed by atoms with E-state index in [-0.39, 0.29) is 11.4 Å². The molecular formula is C20H25BrN2O4S. The minimum Gasteiger partial charge on any atom is -0.459 e. The topological polar surface area (TPSA) is 66.9 Å². The number of thioether (sulfide) groups is 1. The molecule has 0 bridgehead atoms. The average molecular weight is 469 g/mol. The van der Waals surface area contributed by atoms with Crippen LogP contribution in [0.15, 0.2) is 27.6 Å². The van der Waals surface area contributed by atoms with Crippen molar-refractivity contribution in [2.75, 3.05) is 24.5 Å². The SMILES string of the molecule is CCN(CC)c1ccc(C=C2SC(=O)N(CC(=O)OC(C)(C)C)C2=O)cc1Br. The van der Waals surface area contributed by atoms with Gasteiger partial charge in [0.1, 0.15) is 12.1 Å². The minimum absolute atomic E-state index is 0.288. The fraction of sp³-hybridized carbons (Fsp3) is 0.450. The van der Waals surface area contributed by atoms with Crippen LogP contribution in [0, 0.1) is 0 Å². The third-order valence-corrected chi connectivity index (χ3v) is 5.50. The number of rotatable bonds is 6. The van der Waals surface area contributed by atoms with Crippen molar-refractivity contribution in [3.8, 4) is 0 Å². The lowest BCUT2D eigenvalue weighted by Crippen LogP contribution is -2.37. The molecular weight excluding hydrogens is 444 g/mol. The standard InChI is InChI=1S/C20H25BrN2O4S/c1-6-22(7-2)15-9-8-13(10-14(15)21)11-16-18(25)23(19(26)28-16)12-17(24)27-20(3,4)5/h8-11H,6-7,12H2,1-5H3. The number of benzene rings is 1. The van der Waals surface area contributed by atoms with Crippen molar-refractivity contribution in [2.24, 2.45) is 0 Å². The molecule has 0 atom stereocenters. The average Bonchev–Trinajstić information content (AvgIpc) is 2.83. The van der Waals surface area contributed by atoms with E-state index >= 15 is 0 Å². The number of hydrogen-bond donors (Lipinski definition) is 0. The first-order chi connectivity index (χ1) is 13.1. The number of nitrogens with zero attached hydrogens (tertiary/aromatic N) is 2. The molecule has 1 aliphatic rings. The Balaban J connectivity index is 2.17. The van der Waals surface area contributed by atoms with Gasteiger partial charge in [-0.25, -0.2) is 0 Å². The van der Waals surface area contributed by atoms with Gasteiger partial charge in [0.2, 0.25) is 0 Å². The Bertz CT molecular complexity index is 813. The first-order valence-corrected chi connectivity index (χ1v) is 10.7. The van der Waals surface area contributed by atoms with E-state index in [1.807, 2.05) is 18.2 Å². The molecule has 152 valence electrons. The maximum atomic E-state index is 12.6. The van der Waals surface area contributed by atoms with E-state index in [1.165, 1.54) is 0 Å². The quantitative estimate of drug-likeness (QED) is 0.446. The number of halogens is 1. The summed E-state index contributed by atoms with van der Waals surface area (Å²) in [5.41, 5.74) is 1.19. The number of hydrogen-bond acceptors (Lipinski definition) is 6. The van der Waals surface area contributed by atoms with Gasteiger partial charge in [-0.3, -0.25) is 19.3 Å². The maximum Gasteiger partial charge on any atom is 0.326 e. The van der Waals surface area contributed by atoms with Crippen LogP contribution in [0.25, 0.3) is 6.08 Å². The zero-order chi connectivity index (χ0) is 21.1. The summed E-state index contributed by atoms with van der Waals surface area (Å²) in [4.78, 5) is 40.1. The molecule has 2 amide bonds. The Morgan fingerprint density at radius 2 is 1.89 bits per heavy atom. The Morgan fingerprint density at radius 1 is 1.25 bits per heavy atom. The summed E-state index contributed by atoms with van der Waals surface area (Å²) in [5, 5.41) is -0.471. The second-order valence-corrected chi connectivity index (χ2v) is 9.08. The van der Waals surface area contributed by atoms with Gasteiger partial charge in [0, 0.05) is 17.6 Å². The summed E-state index contributed by atoms with van der Waals surface area (Å²) < 4.78 is 6.11. The summed E-state index contributed by atoms with van der Waals surface area (Å²) in [6.45, 7) is 10.8. The number of carbonyl (C=O) groups is 3. The zero-order valence-electron chi connectivity index (χ0n) is 16.7. The number of imide groups is 1. The molecule has 0 radical (unpaired) electrons. The number of ether oxygens (including phenoxy) is 1. The minimum atomic E-state index is -0.673. The van der Waals surface area contributed by atoms with Crippen LogP contribution < -0.4 is 4.90 Å². The van der Waals surface area contributed by atoms with Gasteiger partial charge >= 0.3 is 5.97 Å². The highest BCUT2D eigenvalue weighted by Gasteiger charge is 2.37. The summed E-state index contributed by atoms with van der Waals surface area (Å²) in [6.07, 6.45) is 1.66. The van der Waals surface area contributed by atoms with Crippen LogP contribution in [-0.4, -0.2) is 47.3 Å². The highest BCUT2D eigenvalue weighted by molar-refractivity contribution is 9.10. The molecule has 0 spiro atoms. The predicted molar refractivity (Wildman–Crippen MR) is 116 cm³/mol. The largest absolute Gasteiger partial charge is 0.459 e. The molecule has 1 aromatic rings. The van der Waals surface area contributed by atoms with Gasteiger partial charge in [-0.05, 0) is 86.1 Å². The molecule has 8 heteroatoms. The normalized spacial score (nSPS) is 16.1. The highest BCUT2D eigenvalue weighted by Crippen LogP contribution is 2.34. The van der Waals surface area contributed by atoms with Gasteiger partial charge in [0.25, 0.3) is 11.1 Å². The number of esters is 1. The van der Waals surface area contributed by atoms with E-state index in [0.29, 0.717) is 0 Å². The zero-order valence-corrected chi connectivity index (χ0v) is 19.1. The van der Waals surface area contributed by atoms with E-state index in [1.54, 1.807) is 26.8 Å². The van der Waals surface area contributed by atoms with Crippen molar-refractivity contribution in [2.45, 2.75) is 40.2 Å². The number of carbonyl (C=O) groups excluding carboxylic acids is 3. The van der Waals surface area contributed by atoms with Crippen molar-refractivity contribution in [3.05, 3.63) is 33.1 Å². The Kier molecular flexibility index (Phi) is 7.33. The first-order valence-electron chi connectivity index (χ1n) is 9.07. The Labute approximate surface area is 178 Å². The van der Waals surface area contributed by atoms with E-state index < -0.39 is 22.7 Å². The van der Waals surface area contributed by atoms with Gasteiger partial charge in [-0.2, -0.15) is 0 Å². The molecule has 1 heterocycles. The molecule has 0 saturated carbocycles. The Morgan fingerprint density at radius 3 is 2.43 bits per heavy atom. The third-order valence-electron chi connectivity index (χ3n) is 3.95. The van der Waals surface area contributed by atoms with Crippen LogP contribution in [0.3, 0.4) is 0 Å². The number of anilines is 1. The van der Waals surface area contributed by atoms with Crippen LogP contribution in [0.2, 0.25) is 0 Å². The lowest BCUT2D eigenvalue weighted by Gasteiger charge is -2.22. The molecule has 0 unspecified atom stereocenters. The summed E-state index contributed by atoms with van der Waals surface area (Å²) in [5.74, 6) is -1.09. The van der Waals surface area contributed by atoms with Crippen LogP contribution in [-0.2, 0) is 14.3 Å². The monoisotopic (exact) mass is 468 g/mol. The van der Waals surface area contributed by atoms with Crippen molar-refractivity contribution in [3.63, 3.8) is 0 Å². The maximum absolute atomic E-state index is 12.6. The molecule has 1 aromatic carbocycles. The first kappa shape index (κ1) is 22.5. The fourth-order valence-electron chi connectivity index (χ4n) is 2.72. The fourth-order valence-corrected chi connectivity index (χ4v) is 4.21. The molecule has 1 aliphatic heterocycles. The van der Waals surface area contributed by atoms with Crippen molar-refractivity contribution in [1.82, 2.24) is 4.90 Å². The van der Waals surface area contributed by atoms with E-state index in [2.05, 4.69) is 34.7 Å². The second-order valence-electron chi connectivity index (χ2n) is 7.24. The molecule has 0 aromatic heterocycles. The summed E-state index contributed by atoms with van der Waals surface area (Å²) in [6, 6.07) is 5.80. The molecule has 28 heavy (non-hydrogen) atoms. The van der Waals surface area contributed by atoms with Gasteiger partial charge in [-0.1, -0.05) is 6.07 Å². The third kappa shape index (κ3) is 5.61. The number of amides is 2. The highest BCUT2D eigenvalue weighted by atomic mass is 79.9. The lowest BCUT2D eigenvalue weighted by molar-refractivity contribution is -0.156. The van der Waals surface area contributed by atoms with E-state index in [4.69, 9.17) is 4.74 Å². The van der Waals surface area contributed by atoms with Crippen LogP contribution in [0.4, 0.5) is 10.5 Å². The van der Waals surface area contributed by atoms with Crippen molar-refractivity contribution in [1.29, 1.82) is 0 Å². The van der Waals surface area contributed by atoms with Crippen LogP contribution in [0.5, 0.6) is 0 Å². The Hall–Kier alpha value is -1.80. The van der Waals surface area contributed by atoms with Crippen molar-refractivity contribution < 1.29 is 19.1 Å². The lowest BCUT2D eigenvalue weighted by atomic mass is 10.1. The molecule has 0 N–H and O–H groups in total. The molecule has 2 rings (SSSR count). The van der Waals surface area contributed by atoms with Crippen LogP contribution in [0.1, 0.15) is 40.2 Å². The van der Waals surface area contributed by atoms with Gasteiger partial charge in [0.15, 0.2) is 0 Å². The van der Waals surface area contributed by atoms with E-state index in [9.17, 15) is 14.4 Å². The summed E-state index contributed by atoms with van der Waals surface area (Å²) >= 11 is 4.40. The smallest absolute Gasteiger partial charge is 0.326 e. The molecule has 6 nitrogen and oxygen atoms in total. The van der Waals surface area contributed by atoms with Crippen molar-refractivity contribution >= 4 is 56.6 Å². The summed E-state index contributed by atoms with van der Waals surface area (Å²) in [7, 11) is 0. The van der Waals surface area contributed by atoms with Gasteiger partial charge < -0.3 is 9.64 Å².